The van der Waals surface area contributed by atoms with E-state index >= 15 is 0 Å². The van der Waals surface area contributed by atoms with Crippen LogP contribution in [0.4, 0.5) is 8.78 Å². The molecule has 1 saturated carbocycles. The van der Waals surface area contributed by atoms with Gasteiger partial charge in [-0.1, -0.05) is 19.8 Å². The first-order valence-electron chi connectivity index (χ1n) is 5.79. The molecule has 1 nitrogen and oxygen atoms in total. The van der Waals surface area contributed by atoms with Crippen molar-refractivity contribution in [1.82, 2.24) is 0 Å². The number of hydrogen-bond acceptors (Lipinski definition) is 1. The van der Waals surface area contributed by atoms with Gasteiger partial charge in [0.05, 0.1) is 0 Å². The van der Waals surface area contributed by atoms with Crippen LogP contribution in [0, 0.1) is 17.6 Å². The fraction of sp³-hybridized carbons (Fsp3) is 0.538. The molecule has 2 rings (SSSR count). The van der Waals surface area contributed by atoms with Gasteiger partial charge in [-0.3, -0.25) is 0 Å². The van der Waals surface area contributed by atoms with E-state index in [1.807, 2.05) is 0 Å². The minimum Gasteiger partial charge on any atom is -0.321 e. The van der Waals surface area contributed by atoms with Gasteiger partial charge < -0.3 is 5.73 Å². The topological polar surface area (TPSA) is 26.0 Å². The first kappa shape index (κ1) is 11.5. The molecule has 88 valence electrons. The van der Waals surface area contributed by atoms with Crippen LogP contribution in [0.25, 0.3) is 0 Å². The summed E-state index contributed by atoms with van der Waals surface area (Å²) >= 11 is 0. The summed E-state index contributed by atoms with van der Waals surface area (Å²) in [6, 6.07) is 3.59. The molecule has 0 spiro atoms. The molecule has 0 unspecified atom stereocenters. The van der Waals surface area contributed by atoms with Crippen LogP contribution >= 0.6 is 0 Å². The molecule has 1 aliphatic carbocycles. The molecule has 1 aromatic rings. The first-order valence-corrected chi connectivity index (χ1v) is 5.79. The second-order valence-electron chi connectivity index (χ2n) is 4.88. The van der Waals surface area contributed by atoms with Gasteiger partial charge >= 0.3 is 0 Å². The highest BCUT2D eigenvalue weighted by Gasteiger charge is 2.41. The van der Waals surface area contributed by atoms with E-state index in [9.17, 15) is 8.78 Å². The molecule has 0 aromatic heterocycles. The second kappa shape index (κ2) is 4.13. The quantitative estimate of drug-likeness (QED) is 0.839. The normalized spacial score (nSPS) is 28.9. The van der Waals surface area contributed by atoms with Gasteiger partial charge in [-0.05, 0) is 36.5 Å². The summed E-state index contributed by atoms with van der Waals surface area (Å²) in [6.07, 6.45) is 3.96. The first-order chi connectivity index (χ1) is 7.53. The predicted molar refractivity (Wildman–Crippen MR) is 59.9 cm³/mol. The molecule has 0 bridgehead atoms. The van der Waals surface area contributed by atoms with E-state index in [0.29, 0.717) is 11.5 Å². The molecule has 0 atom stereocenters. The van der Waals surface area contributed by atoms with Gasteiger partial charge in [0.2, 0.25) is 0 Å². The van der Waals surface area contributed by atoms with E-state index in [1.165, 1.54) is 12.1 Å². The number of halogens is 2. The summed E-state index contributed by atoms with van der Waals surface area (Å²) in [5.41, 5.74) is 6.23. The third-order valence-electron chi connectivity index (χ3n) is 3.44. The molecule has 0 aliphatic heterocycles. The molecule has 0 saturated heterocycles. The molecule has 1 aliphatic rings. The van der Waals surface area contributed by atoms with E-state index in [2.05, 4.69) is 6.92 Å². The third-order valence-corrected chi connectivity index (χ3v) is 3.44. The number of benzene rings is 1. The highest BCUT2D eigenvalue weighted by Crippen LogP contribution is 2.45. The van der Waals surface area contributed by atoms with Gasteiger partial charge in [-0.15, -0.1) is 0 Å². The fourth-order valence-electron chi connectivity index (χ4n) is 2.66. The lowest BCUT2D eigenvalue weighted by Gasteiger charge is -2.45. The van der Waals surface area contributed by atoms with E-state index < -0.39 is 17.2 Å². The Morgan fingerprint density at radius 2 is 1.81 bits per heavy atom. The lowest BCUT2D eigenvalue weighted by atomic mass is 9.64. The minimum atomic E-state index is -0.543. The van der Waals surface area contributed by atoms with Crippen molar-refractivity contribution in [2.45, 2.75) is 38.1 Å². The van der Waals surface area contributed by atoms with Crippen molar-refractivity contribution in [3.8, 4) is 0 Å². The lowest BCUT2D eigenvalue weighted by molar-refractivity contribution is 0.137. The molecule has 0 amide bonds. The average molecular weight is 225 g/mol. The molecular formula is C13H17F2N. The van der Waals surface area contributed by atoms with Crippen molar-refractivity contribution < 1.29 is 8.78 Å². The zero-order chi connectivity index (χ0) is 11.8. The molecule has 3 heteroatoms. The zero-order valence-electron chi connectivity index (χ0n) is 9.47. The van der Waals surface area contributed by atoms with E-state index in [1.54, 1.807) is 0 Å². The van der Waals surface area contributed by atoms with Crippen LogP contribution in [0.3, 0.4) is 0 Å². The summed E-state index contributed by atoms with van der Waals surface area (Å²) in [7, 11) is 0. The molecule has 0 heterocycles. The lowest BCUT2D eigenvalue weighted by Crippen LogP contribution is -2.49. The Hall–Kier alpha value is -0.960. The van der Waals surface area contributed by atoms with Crippen LogP contribution in [-0.4, -0.2) is 0 Å². The Morgan fingerprint density at radius 3 is 2.31 bits per heavy atom. The van der Waals surface area contributed by atoms with Crippen LogP contribution in [0.2, 0.25) is 0 Å². The predicted octanol–water partition coefficient (Wildman–Crippen LogP) is 3.33. The standard InChI is InChI=1S/C13H17F2N/c1-2-3-9-7-13(16,8-9)10-4-11(14)6-12(15)5-10/h4-6,9H,2-3,7-8,16H2,1H3. The van der Waals surface area contributed by atoms with E-state index in [0.717, 1.165) is 31.7 Å². The number of hydrogen-bond donors (Lipinski definition) is 1. The maximum atomic E-state index is 13.1. The average Bonchev–Trinajstić information content (AvgIpc) is 2.14. The minimum absolute atomic E-state index is 0.511. The summed E-state index contributed by atoms with van der Waals surface area (Å²) in [5.74, 6) is -0.473. The Morgan fingerprint density at radius 1 is 1.25 bits per heavy atom. The van der Waals surface area contributed by atoms with Crippen LogP contribution in [-0.2, 0) is 5.54 Å². The molecule has 16 heavy (non-hydrogen) atoms. The van der Waals surface area contributed by atoms with Crippen molar-refractivity contribution in [3.63, 3.8) is 0 Å². The zero-order valence-corrected chi connectivity index (χ0v) is 9.47. The SMILES string of the molecule is CCCC1CC(N)(c2cc(F)cc(F)c2)C1. The van der Waals surface area contributed by atoms with E-state index in [-0.39, 0.29) is 0 Å². The van der Waals surface area contributed by atoms with Crippen LogP contribution < -0.4 is 5.73 Å². The molecule has 2 N–H and O–H groups in total. The molecule has 1 aromatic carbocycles. The highest BCUT2D eigenvalue weighted by atomic mass is 19.1. The van der Waals surface area contributed by atoms with Crippen molar-refractivity contribution in [1.29, 1.82) is 0 Å². The van der Waals surface area contributed by atoms with Crippen LogP contribution in [0.5, 0.6) is 0 Å². The molecular weight excluding hydrogens is 208 g/mol. The van der Waals surface area contributed by atoms with Crippen molar-refractivity contribution >= 4 is 0 Å². The van der Waals surface area contributed by atoms with E-state index in [4.69, 9.17) is 5.73 Å². The monoisotopic (exact) mass is 225 g/mol. The second-order valence-corrected chi connectivity index (χ2v) is 4.88. The van der Waals surface area contributed by atoms with Crippen LogP contribution in [0.15, 0.2) is 18.2 Å². The maximum absolute atomic E-state index is 13.1. The number of rotatable bonds is 3. The highest BCUT2D eigenvalue weighted by molar-refractivity contribution is 5.28. The van der Waals surface area contributed by atoms with Crippen LogP contribution in [0.1, 0.15) is 38.2 Å². The van der Waals surface area contributed by atoms with Crippen molar-refractivity contribution in [3.05, 3.63) is 35.4 Å². The smallest absolute Gasteiger partial charge is 0.126 e. The maximum Gasteiger partial charge on any atom is 0.126 e. The van der Waals surface area contributed by atoms with Crippen molar-refractivity contribution in [2.75, 3.05) is 0 Å². The van der Waals surface area contributed by atoms with Gasteiger partial charge in [0.1, 0.15) is 11.6 Å². The Balaban J connectivity index is 2.13. The number of nitrogens with two attached hydrogens (primary N) is 1. The Kier molecular flexibility index (Phi) is 2.98. The Labute approximate surface area is 94.7 Å². The van der Waals surface area contributed by atoms with Gasteiger partial charge in [0, 0.05) is 11.6 Å². The molecule has 1 fully saturated rings. The van der Waals surface area contributed by atoms with Crippen molar-refractivity contribution in [2.24, 2.45) is 11.7 Å². The van der Waals surface area contributed by atoms with Gasteiger partial charge in [0.15, 0.2) is 0 Å². The molecule has 0 radical (unpaired) electrons. The van der Waals surface area contributed by atoms with Gasteiger partial charge in [0.25, 0.3) is 0 Å². The summed E-state index contributed by atoms with van der Waals surface area (Å²) < 4.78 is 26.1. The fourth-order valence-corrected chi connectivity index (χ4v) is 2.66. The Bertz CT molecular complexity index is 363. The summed E-state index contributed by atoms with van der Waals surface area (Å²) in [4.78, 5) is 0. The van der Waals surface area contributed by atoms with Gasteiger partial charge in [-0.25, -0.2) is 8.78 Å². The summed E-state index contributed by atoms with van der Waals surface area (Å²) in [6.45, 7) is 2.14. The largest absolute Gasteiger partial charge is 0.321 e. The van der Waals surface area contributed by atoms with Gasteiger partial charge in [-0.2, -0.15) is 0 Å². The third kappa shape index (κ3) is 2.09. The summed E-state index contributed by atoms with van der Waals surface area (Å²) in [5, 5.41) is 0.